The minimum atomic E-state index is 0.142. The van der Waals surface area contributed by atoms with E-state index in [2.05, 4.69) is 0 Å². The van der Waals surface area contributed by atoms with Crippen LogP contribution in [-0.2, 0) is 9.53 Å². The van der Waals surface area contributed by atoms with Crippen LogP contribution in [-0.4, -0.2) is 29.5 Å². The summed E-state index contributed by atoms with van der Waals surface area (Å²) in [5.41, 5.74) is 0.142. The third-order valence-corrected chi connectivity index (χ3v) is 4.56. The Balaban J connectivity index is 1.93. The second-order valence-electron chi connectivity index (χ2n) is 4.91. The fraction of sp³-hybridized carbons (Fsp3) is 0.917. The van der Waals surface area contributed by atoms with Gasteiger partial charge in [0.2, 0.25) is 0 Å². The molecule has 0 aromatic carbocycles. The molecule has 2 fully saturated rings. The highest BCUT2D eigenvalue weighted by atomic mass is 32.2. The topological polar surface area (TPSA) is 26.3 Å². The van der Waals surface area contributed by atoms with Crippen molar-refractivity contribution in [3.05, 3.63) is 0 Å². The summed E-state index contributed by atoms with van der Waals surface area (Å²) in [5, 5.41) is 0. The Labute approximate surface area is 96.1 Å². The molecule has 1 unspecified atom stereocenters. The second-order valence-corrected chi connectivity index (χ2v) is 6.13. The standard InChI is InChI=1S/C12H20O2S/c1-10(13)8-11-2-5-14-12(9-11)3-6-15-7-4-12/h11H,2-9H2,1H3. The van der Waals surface area contributed by atoms with E-state index in [1.165, 1.54) is 24.3 Å². The Bertz CT molecular complexity index is 228. The number of thioether (sulfide) groups is 1. The zero-order chi connectivity index (χ0) is 10.7. The minimum absolute atomic E-state index is 0.142. The summed E-state index contributed by atoms with van der Waals surface area (Å²) in [5.74, 6) is 3.38. The van der Waals surface area contributed by atoms with E-state index in [4.69, 9.17) is 4.74 Å². The number of carbonyl (C=O) groups is 1. The van der Waals surface area contributed by atoms with Crippen molar-refractivity contribution in [3.8, 4) is 0 Å². The molecule has 0 radical (unpaired) electrons. The first kappa shape index (κ1) is 11.5. The number of ether oxygens (including phenoxy) is 1. The molecule has 2 saturated heterocycles. The van der Waals surface area contributed by atoms with Crippen LogP contribution in [0.25, 0.3) is 0 Å². The van der Waals surface area contributed by atoms with E-state index in [0.717, 1.165) is 25.9 Å². The van der Waals surface area contributed by atoms with Gasteiger partial charge in [-0.05, 0) is 50.0 Å². The van der Waals surface area contributed by atoms with Crippen molar-refractivity contribution in [1.82, 2.24) is 0 Å². The van der Waals surface area contributed by atoms with Gasteiger partial charge in [-0.2, -0.15) is 11.8 Å². The molecule has 1 spiro atoms. The maximum Gasteiger partial charge on any atom is 0.130 e. The molecule has 0 aromatic rings. The van der Waals surface area contributed by atoms with Crippen molar-refractivity contribution in [2.45, 2.75) is 44.6 Å². The van der Waals surface area contributed by atoms with E-state index < -0.39 is 0 Å². The second kappa shape index (κ2) is 4.88. The Morgan fingerprint density at radius 1 is 1.47 bits per heavy atom. The van der Waals surface area contributed by atoms with Gasteiger partial charge in [0.15, 0.2) is 0 Å². The molecule has 2 aliphatic heterocycles. The van der Waals surface area contributed by atoms with Gasteiger partial charge in [-0.3, -0.25) is 0 Å². The lowest BCUT2D eigenvalue weighted by Crippen LogP contribution is -2.43. The zero-order valence-electron chi connectivity index (χ0n) is 9.46. The Kier molecular flexibility index (Phi) is 3.73. The number of Topliss-reactive ketones (excluding diaryl/α,β-unsaturated/α-hetero) is 1. The Morgan fingerprint density at radius 3 is 2.87 bits per heavy atom. The highest BCUT2D eigenvalue weighted by molar-refractivity contribution is 7.99. The highest BCUT2D eigenvalue weighted by Gasteiger charge is 2.38. The monoisotopic (exact) mass is 228 g/mol. The maximum absolute atomic E-state index is 11.1. The average Bonchev–Trinajstić information content (AvgIpc) is 2.17. The van der Waals surface area contributed by atoms with Crippen LogP contribution < -0.4 is 0 Å². The molecule has 3 heteroatoms. The van der Waals surface area contributed by atoms with E-state index in [9.17, 15) is 4.79 Å². The van der Waals surface area contributed by atoms with E-state index in [1.807, 2.05) is 11.8 Å². The lowest BCUT2D eigenvalue weighted by atomic mass is 9.80. The first-order valence-electron chi connectivity index (χ1n) is 5.91. The third-order valence-electron chi connectivity index (χ3n) is 3.58. The SMILES string of the molecule is CC(=O)CC1CCOC2(CCSCC2)C1. The molecule has 2 aliphatic rings. The number of rotatable bonds is 2. The van der Waals surface area contributed by atoms with Gasteiger partial charge in [0, 0.05) is 13.0 Å². The van der Waals surface area contributed by atoms with Crippen molar-refractivity contribution in [1.29, 1.82) is 0 Å². The van der Waals surface area contributed by atoms with Crippen molar-refractivity contribution < 1.29 is 9.53 Å². The quantitative estimate of drug-likeness (QED) is 0.727. The molecule has 0 aliphatic carbocycles. The van der Waals surface area contributed by atoms with Gasteiger partial charge in [-0.1, -0.05) is 0 Å². The molecule has 0 aromatic heterocycles. The van der Waals surface area contributed by atoms with E-state index in [0.29, 0.717) is 11.7 Å². The lowest BCUT2D eigenvalue weighted by Gasteiger charge is -2.43. The lowest BCUT2D eigenvalue weighted by molar-refractivity contribution is -0.124. The number of ketones is 1. The summed E-state index contributed by atoms with van der Waals surface area (Å²) < 4.78 is 5.99. The molecular weight excluding hydrogens is 208 g/mol. The normalized spacial score (nSPS) is 30.3. The third kappa shape index (κ3) is 2.97. The fourth-order valence-electron chi connectivity index (χ4n) is 2.80. The van der Waals surface area contributed by atoms with E-state index in [1.54, 1.807) is 6.92 Å². The summed E-state index contributed by atoms with van der Waals surface area (Å²) >= 11 is 2.03. The van der Waals surface area contributed by atoms with Crippen LogP contribution in [0.2, 0.25) is 0 Å². The van der Waals surface area contributed by atoms with Crippen molar-refractivity contribution >= 4 is 17.5 Å². The Morgan fingerprint density at radius 2 is 2.20 bits per heavy atom. The molecule has 0 bridgehead atoms. The fourth-order valence-corrected chi connectivity index (χ4v) is 4.04. The van der Waals surface area contributed by atoms with Gasteiger partial charge >= 0.3 is 0 Å². The summed E-state index contributed by atoms with van der Waals surface area (Å²) in [6, 6.07) is 0. The largest absolute Gasteiger partial charge is 0.375 e. The smallest absolute Gasteiger partial charge is 0.130 e. The van der Waals surface area contributed by atoms with Crippen LogP contribution in [0.1, 0.15) is 39.0 Å². The molecule has 2 nitrogen and oxygen atoms in total. The molecule has 0 N–H and O–H groups in total. The van der Waals surface area contributed by atoms with Gasteiger partial charge in [-0.15, -0.1) is 0 Å². The van der Waals surface area contributed by atoms with Crippen LogP contribution in [0.3, 0.4) is 0 Å². The van der Waals surface area contributed by atoms with Crippen LogP contribution in [0.15, 0.2) is 0 Å². The van der Waals surface area contributed by atoms with Gasteiger partial charge in [0.1, 0.15) is 5.78 Å². The molecule has 0 saturated carbocycles. The zero-order valence-corrected chi connectivity index (χ0v) is 10.3. The van der Waals surface area contributed by atoms with E-state index in [-0.39, 0.29) is 5.60 Å². The highest BCUT2D eigenvalue weighted by Crippen LogP contribution is 2.40. The van der Waals surface area contributed by atoms with Crippen molar-refractivity contribution in [2.24, 2.45) is 5.92 Å². The van der Waals surface area contributed by atoms with Gasteiger partial charge in [0.05, 0.1) is 5.60 Å². The molecule has 15 heavy (non-hydrogen) atoms. The first-order valence-corrected chi connectivity index (χ1v) is 7.07. The molecule has 86 valence electrons. The van der Waals surface area contributed by atoms with Gasteiger partial charge < -0.3 is 9.53 Å². The summed E-state index contributed by atoms with van der Waals surface area (Å²) in [4.78, 5) is 11.1. The number of carbonyl (C=O) groups excluding carboxylic acids is 1. The number of hydrogen-bond acceptors (Lipinski definition) is 3. The predicted octanol–water partition coefficient (Wildman–Crippen LogP) is 2.66. The average molecular weight is 228 g/mol. The first-order chi connectivity index (χ1) is 7.20. The Hall–Kier alpha value is -0.0200. The van der Waals surface area contributed by atoms with Gasteiger partial charge in [0.25, 0.3) is 0 Å². The molecular formula is C12H20O2S. The summed E-state index contributed by atoms with van der Waals surface area (Å²) in [6.45, 7) is 2.57. The summed E-state index contributed by atoms with van der Waals surface area (Å²) in [6.07, 6.45) is 5.33. The minimum Gasteiger partial charge on any atom is -0.375 e. The maximum atomic E-state index is 11.1. The van der Waals surface area contributed by atoms with Gasteiger partial charge in [-0.25, -0.2) is 0 Å². The number of hydrogen-bond donors (Lipinski definition) is 0. The molecule has 2 heterocycles. The van der Waals surface area contributed by atoms with E-state index >= 15 is 0 Å². The van der Waals surface area contributed by atoms with Crippen LogP contribution in [0.5, 0.6) is 0 Å². The molecule has 0 amide bonds. The van der Waals surface area contributed by atoms with Crippen LogP contribution >= 0.6 is 11.8 Å². The van der Waals surface area contributed by atoms with Crippen LogP contribution in [0.4, 0.5) is 0 Å². The van der Waals surface area contributed by atoms with Crippen molar-refractivity contribution in [2.75, 3.05) is 18.1 Å². The van der Waals surface area contributed by atoms with Crippen molar-refractivity contribution in [3.63, 3.8) is 0 Å². The molecule has 2 rings (SSSR count). The van der Waals surface area contributed by atoms with Crippen LogP contribution in [0, 0.1) is 5.92 Å². The predicted molar refractivity (Wildman–Crippen MR) is 63.3 cm³/mol. The summed E-state index contributed by atoms with van der Waals surface area (Å²) in [7, 11) is 0. The molecule has 1 atom stereocenters.